The van der Waals surface area contributed by atoms with Crippen molar-refractivity contribution in [2.45, 2.75) is 12.8 Å². The second-order valence-electron chi connectivity index (χ2n) is 7.06. The summed E-state index contributed by atoms with van der Waals surface area (Å²) in [4.78, 5) is 6.76. The van der Waals surface area contributed by atoms with Gasteiger partial charge in [-0.05, 0) is 48.6 Å². The number of guanidine groups is 1. The molecule has 1 unspecified atom stereocenters. The van der Waals surface area contributed by atoms with Crippen LogP contribution < -0.4 is 20.3 Å². The van der Waals surface area contributed by atoms with E-state index >= 15 is 0 Å². The predicted molar refractivity (Wildman–Crippen MR) is 118 cm³/mol. The third kappa shape index (κ3) is 5.80. The van der Waals surface area contributed by atoms with Gasteiger partial charge in [-0.1, -0.05) is 29.8 Å². The minimum absolute atomic E-state index is 0.595. The van der Waals surface area contributed by atoms with Gasteiger partial charge in [0.05, 0.1) is 7.11 Å². The van der Waals surface area contributed by atoms with E-state index in [1.54, 1.807) is 7.11 Å². The molecule has 0 bridgehead atoms. The second kappa shape index (κ2) is 10.2. The summed E-state index contributed by atoms with van der Waals surface area (Å²) in [6, 6.07) is 16.3. The number of hydrogen-bond donors (Lipinski definition) is 2. The van der Waals surface area contributed by atoms with Gasteiger partial charge in [0, 0.05) is 50.0 Å². The molecule has 0 radical (unpaired) electrons. The Morgan fingerprint density at radius 3 is 2.86 bits per heavy atom. The van der Waals surface area contributed by atoms with Crippen LogP contribution in [0.3, 0.4) is 0 Å². The maximum atomic E-state index is 6.04. The van der Waals surface area contributed by atoms with Crippen LogP contribution in [0.25, 0.3) is 0 Å². The van der Waals surface area contributed by atoms with Crippen LogP contribution in [-0.2, 0) is 6.42 Å². The van der Waals surface area contributed by atoms with Gasteiger partial charge in [-0.3, -0.25) is 4.99 Å². The van der Waals surface area contributed by atoms with Gasteiger partial charge in [0.2, 0.25) is 0 Å². The molecule has 1 aliphatic heterocycles. The van der Waals surface area contributed by atoms with Crippen LogP contribution in [0.2, 0.25) is 5.02 Å². The predicted octanol–water partition coefficient (Wildman–Crippen LogP) is 3.58. The lowest BCUT2D eigenvalue weighted by molar-refractivity contribution is 0.415. The third-order valence-electron chi connectivity index (χ3n) is 5.08. The topological polar surface area (TPSA) is 48.9 Å². The summed E-state index contributed by atoms with van der Waals surface area (Å²) in [5, 5.41) is 7.63. The van der Waals surface area contributed by atoms with Crippen LogP contribution in [-0.4, -0.2) is 46.3 Å². The van der Waals surface area contributed by atoms with Crippen LogP contribution in [0.5, 0.6) is 5.75 Å². The Hall–Kier alpha value is -2.40. The fourth-order valence-corrected chi connectivity index (χ4v) is 3.73. The molecule has 1 heterocycles. The first-order valence-electron chi connectivity index (χ1n) is 9.76. The van der Waals surface area contributed by atoms with Crippen molar-refractivity contribution in [1.82, 2.24) is 10.6 Å². The van der Waals surface area contributed by atoms with E-state index in [1.807, 2.05) is 37.4 Å². The normalized spacial score (nSPS) is 16.9. The van der Waals surface area contributed by atoms with Crippen molar-refractivity contribution in [3.63, 3.8) is 0 Å². The van der Waals surface area contributed by atoms with Crippen molar-refractivity contribution in [3.05, 3.63) is 59.1 Å². The van der Waals surface area contributed by atoms with Crippen molar-refractivity contribution in [3.8, 4) is 5.75 Å². The standard InChI is InChI=1S/C22H29ClN4O/c1-24-22(25-11-9-17-5-3-6-19(23)13-17)26-15-18-10-12-27(16-18)20-7-4-8-21(14-20)28-2/h3-8,13-14,18H,9-12,15-16H2,1-2H3,(H2,24,25,26). The van der Waals surface area contributed by atoms with Gasteiger partial charge in [0.25, 0.3) is 0 Å². The molecule has 150 valence electrons. The van der Waals surface area contributed by atoms with E-state index in [-0.39, 0.29) is 0 Å². The Morgan fingerprint density at radius 1 is 1.21 bits per heavy atom. The zero-order chi connectivity index (χ0) is 19.8. The number of ether oxygens (including phenoxy) is 1. The molecule has 0 amide bonds. The Bertz CT molecular complexity index is 796. The minimum atomic E-state index is 0.595. The van der Waals surface area contributed by atoms with E-state index in [9.17, 15) is 0 Å². The molecule has 6 heteroatoms. The van der Waals surface area contributed by atoms with Gasteiger partial charge >= 0.3 is 0 Å². The first-order chi connectivity index (χ1) is 13.7. The quantitative estimate of drug-likeness (QED) is 0.551. The highest BCUT2D eigenvalue weighted by atomic mass is 35.5. The molecule has 5 nitrogen and oxygen atoms in total. The van der Waals surface area contributed by atoms with Crippen molar-refractivity contribution in [2.24, 2.45) is 10.9 Å². The van der Waals surface area contributed by atoms with E-state index in [4.69, 9.17) is 16.3 Å². The molecular weight excluding hydrogens is 372 g/mol. The van der Waals surface area contributed by atoms with Crippen LogP contribution in [0.4, 0.5) is 5.69 Å². The fraction of sp³-hybridized carbons (Fsp3) is 0.409. The SMILES string of the molecule is CN=C(NCCc1cccc(Cl)c1)NCC1CCN(c2cccc(OC)c2)C1. The average Bonchev–Trinajstić information content (AvgIpc) is 3.20. The molecule has 2 aromatic rings. The van der Waals surface area contributed by atoms with E-state index < -0.39 is 0 Å². The molecule has 2 aromatic carbocycles. The Kier molecular flexibility index (Phi) is 7.43. The lowest BCUT2D eigenvalue weighted by atomic mass is 10.1. The maximum absolute atomic E-state index is 6.04. The highest BCUT2D eigenvalue weighted by Crippen LogP contribution is 2.26. The molecule has 0 saturated carbocycles. The summed E-state index contributed by atoms with van der Waals surface area (Å²) in [6.07, 6.45) is 2.08. The highest BCUT2D eigenvalue weighted by Gasteiger charge is 2.23. The number of aliphatic imine (C=N–C) groups is 1. The van der Waals surface area contributed by atoms with E-state index in [1.165, 1.54) is 17.7 Å². The minimum Gasteiger partial charge on any atom is -0.497 e. The first kappa shape index (κ1) is 20.3. The monoisotopic (exact) mass is 400 g/mol. The Balaban J connectivity index is 1.41. The summed E-state index contributed by atoms with van der Waals surface area (Å²) in [7, 11) is 3.52. The largest absolute Gasteiger partial charge is 0.497 e. The number of nitrogens with one attached hydrogen (secondary N) is 2. The van der Waals surface area contributed by atoms with Crippen LogP contribution in [0.1, 0.15) is 12.0 Å². The molecule has 0 spiro atoms. The molecule has 1 atom stereocenters. The molecule has 28 heavy (non-hydrogen) atoms. The molecule has 1 fully saturated rings. The number of rotatable bonds is 7. The van der Waals surface area contributed by atoms with Crippen LogP contribution >= 0.6 is 11.6 Å². The number of anilines is 1. The zero-order valence-corrected chi connectivity index (χ0v) is 17.4. The third-order valence-corrected chi connectivity index (χ3v) is 5.32. The first-order valence-corrected chi connectivity index (χ1v) is 10.1. The van der Waals surface area contributed by atoms with Gasteiger partial charge in [-0.25, -0.2) is 0 Å². The molecule has 3 rings (SSSR count). The van der Waals surface area contributed by atoms with E-state index in [0.29, 0.717) is 5.92 Å². The number of nitrogens with zero attached hydrogens (tertiary/aromatic N) is 2. The summed E-state index contributed by atoms with van der Waals surface area (Å²) >= 11 is 6.04. The molecule has 1 saturated heterocycles. The lowest BCUT2D eigenvalue weighted by Gasteiger charge is -2.20. The highest BCUT2D eigenvalue weighted by molar-refractivity contribution is 6.30. The summed E-state index contributed by atoms with van der Waals surface area (Å²) < 4.78 is 5.34. The number of hydrogen-bond acceptors (Lipinski definition) is 3. The molecule has 0 aliphatic carbocycles. The van der Waals surface area contributed by atoms with Crippen molar-refractivity contribution in [1.29, 1.82) is 0 Å². The second-order valence-corrected chi connectivity index (χ2v) is 7.50. The fourth-order valence-electron chi connectivity index (χ4n) is 3.52. The van der Waals surface area contributed by atoms with Crippen molar-refractivity contribution in [2.75, 3.05) is 45.2 Å². The van der Waals surface area contributed by atoms with Gasteiger partial charge in [0.1, 0.15) is 5.75 Å². The molecular formula is C22H29ClN4O. The summed E-state index contributed by atoms with van der Waals surface area (Å²) in [6.45, 7) is 3.85. The number of halogens is 1. The zero-order valence-electron chi connectivity index (χ0n) is 16.6. The molecule has 1 aliphatic rings. The van der Waals surface area contributed by atoms with Gasteiger partial charge in [-0.15, -0.1) is 0 Å². The van der Waals surface area contributed by atoms with Gasteiger partial charge in [-0.2, -0.15) is 0 Å². The van der Waals surface area contributed by atoms with Crippen LogP contribution in [0, 0.1) is 5.92 Å². The maximum Gasteiger partial charge on any atom is 0.190 e. The number of methoxy groups -OCH3 is 1. The van der Waals surface area contributed by atoms with Gasteiger partial charge < -0.3 is 20.3 Å². The Labute approximate surface area is 172 Å². The van der Waals surface area contributed by atoms with Crippen molar-refractivity contribution < 1.29 is 4.74 Å². The van der Waals surface area contributed by atoms with E-state index in [0.717, 1.165) is 49.3 Å². The number of benzene rings is 2. The summed E-state index contributed by atoms with van der Waals surface area (Å²) in [5.74, 6) is 2.35. The smallest absolute Gasteiger partial charge is 0.190 e. The average molecular weight is 401 g/mol. The van der Waals surface area contributed by atoms with Crippen LogP contribution in [0.15, 0.2) is 53.5 Å². The lowest BCUT2D eigenvalue weighted by Crippen LogP contribution is -2.41. The molecule has 0 aromatic heterocycles. The van der Waals surface area contributed by atoms with Gasteiger partial charge in [0.15, 0.2) is 5.96 Å². The Morgan fingerprint density at radius 2 is 2.07 bits per heavy atom. The summed E-state index contributed by atoms with van der Waals surface area (Å²) in [5.41, 5.74) is 2.45. The molecule has 2 N–H and O–H groups in total. The van der Waals surface area contributed by atoms with Crippen molar-refractivity contribution >= 4 is 23.2 Å². The van der Waals surface area contributed by atoms with E-state index in [2.05, 4.69) is 38.7 Å².